The van der Waals surface area contributed by atoms with E-state index in [4.69, 9.17) is 10.5 Å². The maximum absolute atomic E-state index is 13.6. The first-order valence-corrected chi connectivity index (χ1v) is 6.54. The Morgan fingerprint density at radius 2 is 1.95 bits per heavy atom. The Morgan fingerprint density at radius 1 is 1.24 bits per heavy atom. The van der Waals surface area contributed by atoms with Crippen molar-refractivity contribution >= 4 is 11.6 Å². The van der Waals surface area contributed by atoms with Crippen molar-refractivity contribution in [1.29, 1.82) is 0 Å². The molecule has 0 heterocycles. The number of amides is 1. The largest absolute Gasteiger partial charge is 0.494 e. The van der Waals surface area contributed by atoms with E-state index in [1.54, 1.807) is 6.07 Å². The van der Waals surface area contributed by atoms with E-state index in [0.29, 0.717) is 12.2 Å². The predicted octanol–water partition coefficient (Wildman–Crippen LogP) is 2.47. The molecule has 110 valence electrons. The Kier molecular flexibility index (Phi) is 4.90. The smallest absolute Gasteiger partial charge is 0.228 e. The van der Waals surface area contributed by atoms with Crippen molar-refractivity contribution < 1.29 is 13.9 Å². The molecule has 0 aliphatic heterocycles. The molecule has 0 saturated heterocycles. The Morgan fingerprint density at radius 3 is 2.57 bits per heavy atom. The van der Waals surface area contributed by atoms with Gasteiger partial charge in [-0.1, -0.05) is 24.3 Å². The second kappa shape index (κ2) is 6.85. The van der Waals surface area contributed by atoms with Crippen molar-refractivity contribution in [3.8, 4) is 5.75 Å². The highest BCUT2D eigenvalue weighted by atomic mass is 19.1. The molecule has 4 nitrogen and oxygen atoms in total. The van der Waals surface area contributed by atoms with Crippen LogP contribution in [0.25, 0.3) is 0 Å². The van der Waals surface area contributed by atoms with E-state index < -0.39 is 5.82 Å². The second-order valence-electron chi connectivity index (χ2n) is 4.55. The molecule has 21 heavy (non-hydrogen) atoms. The number of benzene rings is 2. The lowest BCUT2D eigenvalue weighted by atomic mass is 10.0. The fourth-order valence-electron chi connectivity index (χ4n) is 2.05. The molecule has 0 aromatic heterocycles. The van der Waals surface area contributed by atoms with Crippen LogP contribution < -0.4 is 15.8 Å². The minimum absolute atomic E-state index is 0.140. The van der Waals surface area contributed by atoms with Crippen LogP contribution in [0.2, 0.25) is 0 Å². The van der Waals surface area contributed by atoms with Gasteiger partial charge in [-0.05, 0) is 23.3 Å². The fourth-order valence-corrected chi connectivity index (χ4v) is 2.05. The molecule has 0 bridgehead atoms. The maximum Gasteiger partial charge on any atom is 0.228 e. The van der Waals surface area contributed by atoms with Gasteiger partial charge in [0.15, 0.2) is 11.6 Å². The quantitative estimate of drug-likeness (QED) is 0.888. The number of ether oxygens (including phenoxy) is 1. The van der Waals surface area contributed by atoms with E-state index in [0.717, 1.165) is 11.1 Å². The Bertz CT molecular complexity index is 644. The third-order valence-corrected chi connectivity index (χ3v) is 3.12. The topological polar surface area (TPSA) is 64.3 Å². The van der Waals surface area contributed by atoms with Gasteiger partial charge >= 0.3 is 0 Å². The molecule has 0 aliphatic carbocycles. The highest BCUT2D eigenvalue weighted by molar-refractivity contribution is 5.92. The van der Waals surface area contributed by atoms with Gasteiger partial charge in [0.05, 0.1) is 13.5 Å². The molecule has 2 aromatic carbocycles. The standard InChI is InChI=1S/C16H17FN2O2/c1-21-15-7-6-13(9-14(15)17)19-16(20)8-11-4-2-3-5-12(11)10-18/h2-7,9H,8,10,18H2,1H3,(H,19,20). The van der Waals surface area contributed by atoms with Gasteiger partial charge in [-0.15, -0.1) is 0 Å². The van der Waals surface area contributed by atoms with Crippen molar-refractivity contribution in [3.63, 3.8) is 0 Å². The molecular weight excluding hydrogens is 271 g/mol. The lowest BCUT2D eigenvalue weighted by Gasteiger charge is -2.09. The van der Waals surface area contributed by atoms with Crippen LogP contribution in [0.5, 0.6) is 5.75 Å². The van der Waals surface area contributed by atoms with Gasteiger partial charge in [-0.3, -0.25) is 4.79 Å². The zero-order valence-electron chi connectivity index (χ0n) is 11.7. The zero-order valence-corrected chi connectivity index (χ0v) is 11.7. The number of methoxy groups -OCH3 is 1. The van der Waals surface area contributed by atoms with Crippen LogP contribution in [-0.4, -0.2) is 13.0 Å². The van der Waals surface area contributed by atoms with Crippen LogP contribution in [0.1, 0.15) is 11.1 Å². The Balaban J connectivity index is 2.06. The number of carbonyl (C=O) groups excluding carboxylic acids is 1. The number of nitrogens with two attached hydrogens (primary N) is 1. The predicted molar refractivity (Wildman–Crippen MR) is 79.6 cm³/mol. The van der Waals surface area contributed by atoms with Gasteiger partial charge in [0.1, 0.15) is 0 Å². The lowest BCUT2D eigenvalue weighted by Crippen LogP contribution is -2.16. The van der Waals surface area contributed by atoms with E-state index in [1.165, 1.54) is 19.2 Å². The summed E-state index contributed by atoms with van der Waals surface area (Å²) >= 11 is 0. The molecule has 0 fully saturated rings. The van der Waals surface area contributed by atoms with E-state index in [-0.39, 0.29) is 18.1 Å². The van der Waals surface area contributed by atoms with E-state index in [2.05, 4.69) is 5.32 Å². The third kappa shape index (κ3) is 3.79. The van der Waals surface area contributed by atoms with Crippen LogP contribution in [0.4, 0.5) is 10.1 Å². The fraction of sp³-hybridized carbons (Fsp3) is 0.188. The molecule has 0 unspecified atom stereocenters. The second-order valence-corrected chi connectivity index (χ2v) is 4.55. The molecule has 0 radical (unpaired) electrons. The van der Waals surface area contributed by atoms with Crippen molar-refractivity contribution in [1.82, 2.24) is 0 Å². The lowest BCUT2D eigenvalue weighted by molar-refractivity contribution is -0.115. The molecule has 3 N–H and O–H groups in total. The molecule has 5 heteroatoms. The SMILES string of the molecule is COc1ccc(NC(=O)Cc2ccccc2CN)cc1F. The van der Waals surface area contributed by atoms with E-state index in [9.17, 15) is 9.18 Å². The number of hydrogen-bond acceptors (Lipinski definition) is 3. The summed E-state index contributed by atoms with van der Waals surface area (Å²) < 4.78 is 18.4. The first kappa shape index (κ1) is 15.0. The molecule has 1 amide bonds. The molecule has 0 atom stereocenters. The normalized spacial score (nSPS) is 10.2. The molecule has 2 rings (SSSR count). The number of anilines is 1. The van der Waals surface area contributed by atoms with Crippen LogP contribution in [-0.2, 0) is 17.8 Å². The summed E-state index contributed by atoms with van der Waals surface area (Å²) in [5.41, 5.74) is 7.82. The van der Waals surface area contributed by atoms with Crippen LogP contribution in [0.15, 0.2) is 42.5 Å². The summed E-state index contributed by atoms with van der Waals surface area (Å²) in [4.78, 5) is 12.0. The monoisotopic (exact) mass is 288 g/mol. The van der Waals surface area contributed by atoms with Gasteiger partial charge in [0.25, 0.3) is 0 Å². The summed E-state index contributed by atoms with van der Waals surface area (Å²) in [5.74, 6) is -0.598. The van der Waals surface area contributed by atoms with Gasteiger partial charge in [-0.25, -0.2) is 4.39 Å². The molecule has 2 aromatic rings. The zero-order chi connectivity index (χ0) is 15.2. The Hall–Kier alpha value is -2.40. The van der Waals surface area contributed by atoms with Crippen molar-refractivity contribution in [2.45, 2.75) is 13.0 Å². The highest BCUT2D eigenvalue weighted by Gasteiger charge is 2.09. The molecular formula is C16H17FN2O2. The highest BCUT2D eigenvalue weighted by Crippen LogP contribution is 2.21. The average molecular weight is 288 g/mol. The number of rotatable bonds is 5. The third-order valence-electron chi connectivity index (χ3n) is 3.12. The summed E-state index contributed by atoms with van der Waals surface area (Å²) in [7, 11) is 1.39. The van der Waals surface area contributed by atoms with Gasteiger partial charge in [-0.2, -0.15) is 0 Å². The van der Waals surface area contributed by atoms with E-state index >= 15 is 0 Å². The van der Waals surface area contributed by atoms with Crippen LogP contribution >= 0.6 is 0 Å². The molecule has 0 saturated carbocycles. The first-order chi connectivity index (χ1) is 10.1. The minimum Gasteiger partial charge on any atom is -0.494 e. The van der Waals surface area contributed by atoms with Crippen molar-refractivity contribution in [3.05, 3.63) is 59.4 Å². The minimum atomic E-state index is -0.516. The number of hydrogen-bond donors (Lipinski definition) is 2. The van der Waals surface area contributed by atoms with Gasteiger partial charge < -0.3 is 15.8 Å². The van der Waals surface area contributed by atoms with Gasteiger partial charge in [0.2, 0.25) is 5.91 Å². The summed E-state index contributed by atoms with van der Waals surface area (Å²) in [6.45, 7) is 0.376. The van der Waals surface area contributed by atoms with Crippen LogP contribution in [0.3, 0.4) is 0 Å². The summed E-state index contributed by atoms with van der Waals surface area (Å²) in [5, 5.41) is 2.66. The molecule has 0 spiro atoms. The Labute approximate surface area is 122 Å². The maximum atomic E-state index is 13.6. The number of carbonyl (C=O) groups is 1. The van der Waals surface area contributed by atoms with Crippen LogP contribution in [0, 0.1) is 5.82 Å². The molecule has 0 aliphatic rings. The number of nitrogens with one attached hydrogen (secondary N) is 1. The van der Waals surface area contributed by atoms with Crippen molar-refractivity contribution in [2.24, 2.45) is 5.73 Å². The van der Waals surface area contributed by atoms with Gasteiger partial charge in [0, 0.05) is 18.3 Å². The first-order valence-electron chi connectivity index (χ1n) is 6.54. The van der Waals surface area contributed by atoms with Crippen molar-refractivity contribution in [2.75, 3.05) is 12.4 Å². The summed E-state index contributed by atoms with van der Waals surface area (Å²) in [6.07, 6.45) is 0.195. The van der Waals surface area contributed by atoms with E-state index in [1.807, 2.05) is 24.3 Å². The number of halogens is 1. The average Bonchev–Trinajstić information content (AvgIpc) is 2.48. The summed E-state index contributed by atoms with van der Waals surface area (Å²) in [6, 6.07) is 11.8.